The number of ether oxygens (including phenoxy) is 2. The summed E-state index contributed by atoms with van der Waals surface area (Å²) in [5, 5.41) is 7.17. The number of rotatable bonds is 9. The van der Waals surface area contributed by atoms with Gasteiger partial charge in [-0.1, -0.05) is 41.4 Å². The van der Waals surface area contributed by atoms with Crippen LogP contribution in [0.3, 0.4) is 0 Å². The third kappa shape index (κ3) is 6.56. The molecule has 0 saturated heterocycles. The van der Waals surface area contributed by atoms with E-state index in [2.05, 4.69) is 30.5 Å². The van der Waals surface area contributed by atoms with Crippen molar-refractivity contribution >= 4 is 40.5 Å². The minimum atomic E-state index is -0.325. The molecule has 1 amide bonds. The fraction of sp³-hybridized carbons (Fsp3) is 0.269. The minimum absolute atomic E-state index is 0.217. The first-order valence-electron chi connectivity index (χ1n) is 10.7. The molecule has 5 nitrogen and oxygen atoms in total. The number of nitrogens with one attached hydrogen (secondary N) is 2. The summed E-state index contributed by atoms with van der Waals surface area (Å²) < 4.78 is 11.5. The van der Waals surface area contributed by atoms with E-state index < -0.39 is 0 Å². The topological polar surface area (TPSA) is 59.6 Å². The molecule has 0 aliphatic rings. The van der Waals surface area contributed by atoms with Crippen molar-refractivity contribution in [2.24, 2.45) is 0 Å². The smallest absolute Gasteiger partial charge is 0.262 e. The van der Waals surface area contributed by atoms with E-state index in [9.17, 15) is 4.79 Å². The molecule has 174 valence electrons. The van der Waals surface area contributed by atoms with Gasteiger partial charge in [-0.15, -0.1) is 0 Å². The summed E-state index contributed by atoms with van der Waals surface area (Å²) in [5.41, 5.74) is 5.97. The molecule has 0 fully saturated rings. The van der Waals surface area contributed by atoms with E-state index in [-0.39, 0.29) is 12.5 Å². The fourth-order valence-electron chi connectivity index (χ4n) is 3.27. The molecule has 2 N–H and O–H groups in total. The molecule has 0 aliphatic heterocycles. The number of carbonyl (C=O) groups is 1. The summed E-state index contributed by atoms with van der Waals surface area (Å²) in [5.74, 6) is 0.508. The maximum Gasteiger partial charge on any atom is 0.262 e. The lowest BCUT2D eigenvalue weighted by molar-refractivity contribution is -0.118. The highest BCUT2D eigenvalue weighted by molar-refractivity contribution is 6.32. The molecule has 0 bridgehead atoms. The molecular weight excluding hydrogens is 459 g/mol. The molecule has 33 heavy (non-hydrogen) atoms. The Kier molecular flexibility index (Phi) is 8.48. The number of hydrogen-bond acceptors (Lipinski definition) is 4. The summed E-state index contributed by atoms with van der Waals surface area (Å²) in [6, 6.07) is 15.2. The Bertz CT molecular complexity index is 1150. The second-order valence-electron chi connectivity index (χ2n) is 7.74. The number of benzene rings is 3. The Hall–Kier alpha value is -2.89. The number of halogens is 2. The van der Waals surface area contributed by atoms with Crippen molar-refractivity contribution in [3.63, 3.8) is 0 Å². The summed E-state index contributed by atoms with van der Waals surface area (Å²) in [6.07, 6.45) is 0. The van der Waals surface area contributed by atoms with Crippen molar-refractivity contribution < 1.29 is 14.3 Å². The fourth-order valence-corrected chi connectivity index (χ4v) is 3.74. The summed E-state index contributed by atoms with van der Waals surface area (Å²) in [6.45, 7) is 8.74. The quantitative estimate of drug-likeness (QED) is 0.343. The summed E-state index contributed by atoms with van der Waals surface area (Å²) in [7, 11) is 0. The number of hydrogen-bond donors (Lipinski definition) is 2. The van der Waals surface area contributed by atoms with Crippen molar-refractivity contribution in [1.82, 2.24) is 0 Å². The molecule has 0 aliphatic carbocycles. The van der Waals surface area contributed by atoms with Gasteiger partial charge < -0.3 is 20.1 Å². The summed E-state index contributed by atoms with van der Waals surface area (Å²) >= 11 is 12.6. The first-order valence-corrected chi connectivity index (χ1v) is 11.5. The number of amides is 1. The van der Waals surface area contributed by atoms with E-state index in [1.165, 1.54) is 11.1 Å². The van der Waals surface area contributed by atoms with Gasteiger partial charge in [-0.2, -0.15) is 0 Å². The highest BCUT2D eigenvalue weighted by Crippen LogP contribution is 2.37. The minimum Gasteiger partial charge on any atom is -0.490 e. The van der Waals surface area contributed by atoms with Crippen LogP contribution in [0.15, 0.2) is 48.5 Å². The number of aryl methyl sites for hydroxylation is 2. The van der Waals surface area contributed by atoms with Crippen LogP contribution in [0.25, 0.3) is 0 Å². The Morgan fingerprint density at radius 2 is 1.73 bits per heavy atom. The molecule has 0 saturated carbocycles. The Morgan fingerprint density at radius 3 is 2.45 bits per heavy atom. The molecule has 0 unspecified atom stereocenters. The number of anilines is 2. The van der Waals surface area contributed by atoms with Gasteiger partial charge in [0.25, 0.3) is 5.91 Å². The predicted molar refractivity (Wildman–Crippen MR) is 136 cm³/mol. The van der Waals surface area contributed by atoms with Gasteiger partial charge in [0.1, 0.15) is 0 Å². The van der Waals surface area contributed by atoms with Crippen LogP contribution in [0.1, 0.15) is 29.2 Å². The molecule has 0 atom stereocenters. The maximum atomic E-state index is 12.4. The molecule has 3 aromatic rings. The molecule has 3 rings (SSSR count). The van der Waals surface area contributed by atoms with Crippen LogP contribution in [0.4, 0.5) is 11.4 Å². The first kappa shape index (κ1) is 24.7. The van der Waals surface area contributed by atoms with Gasteiger partial charge in [-0.05, 0) is 80.3 Å². The van der Waals surface area contributed by atoms with Crippen LogP contribution in [0, 0.1) is 20.8 Å². The molecule has 3 aromatic carbocycles. The zero-order chi connectivity index (χ0) is 24.0. The molecule has 0 spiro atoms. The van der Waals surface area contributed by atoms with E-state index >= 15 is 0 Å². The summed E-state index contributed by atoms with van der Waals surface area (Å²) in [4.78, 5) is 12.4. The zero-order valence-electron chi connectivity index (χ0n) is 19.2. The highest BCUT2D eigenvalue weighted by atomic mass is 35.5. The second kappa shape index (κ2) is 11.3. The zero-order valence-corrected chi connectivity index (χ0v) is 20.7. The maximum absolute atomic E-state index is 12.4. The van der Waals surface area contributed by atoms with Crippen LogP contribution in [0.2, 0.25) is 10.0 Å². The lowest BCUT2D eigenvalue weighted by Crippen LogP contribution is -2.20. The standard InChI is InChI=1S/C26H28Cl2N2O3/c1-5-32-24-12-19(14-29-23-8-6-7-16(2)18(23)4)11-22(28)26(24)33-15-25(31)30-20-10-9-17(3)21(27)13-20/h6-13,29H,5,14-15H2,1-4H3,(H,30,31). The van der Waals surface area contributed by atoms with Gasteiger partial charge in [0, 0.05) is 22.9 Å². The van der Waals surface area contributed by atoms with Crippen molar-refractivity contribution in [3.05, 3.63) is 80.8 Å². The normalized spacial score (nSPS) is 10.6. The van der Waals surface area contributed by atoms with Crippen LogP contribution in [-0.2, 0) is 11.3 Å². The van der Waals surface area contributed by atoms with Gasteiger partial charge >= 0.3 is 0 Å². The van der Waals surface area contributed by atoms with Crippen molar-refractivity contribution in [3.8, 4) is 11.5 Å². The van der Waals surface area contributed by atoms with E-state index in [4.69, 9.17) is 32.7 Å². The average molecular weight is 487 g/mol. The molecule has 7 heteroatoms. The Labute approximate surface area is 205 Å². The van der Waals surface area contributed by atoms with E-state index in [1.54, 1.807) is 12.1 Å². The lowest BCUT2D eigenvalue weighted by atomic mass is 10.1. The van der Waals surface area contributed by atoms with E-state index in [1.807, 2.05) is 44.2 Å². The second-order valence-corrected chi connectivity index (χ2v) is 8.55. The largest absolute Gasteiger partial charge is 0.490 e. The molecule has 0 heterocycles. The Balaban J connectivity index is 1.69. The van der Waals surface area contributed by atoms with Gasteiger partial charge in [0.15, 0.2) is 18.1 Å². The van der Waals surface area contributed by atoms with Gasteiger partial charge in [0.2, 0.25) is 0 Å². The SMILES string of the molecule is CCOc1cc(CNc2cccc(C)c2C)cc(Cl)c1OCC(=O)Nc1ccc(C)c(Cl)c1. The molecule has 0 radical (unpaired) electrons. The molecular formula is C26H28Cl2N2O3. The lowest BCUT2D eigenvalue weighted by Gasteiger charge is -2.16. The number of carbonyl (C=O) groups excluding carboxylic acids is 1. The van der Waals surface area contributed by atoms with Crippen molar-refractivity contribution in [2.45, 2.75) is 34.2 Å². The van der Waals surface area contributed by atoms with Gasteiger partial charge in [0.05, 0.1) is 11.6 Å². The monoisotopic (exact) mass is 486 g/mol. The van der Waals surface area contributed by atoms with E-state index in [0.29, 0.717) is 40.4 Å². The third-order valence-electron chi connectivity index (χ3n) is 5.26. The van der Waals surface area contributed by atoms with Gasteiger partial charge in [-0.3, -0.25) is 4.79 Å². The van der Waals surface area contributed by atoms with Crippen LogP contribution in [0.5, 0.6) is 11.5 Å². The predicted octanol–water partition coefficient (Wildman–Crippen LogP) is 6.95. The van der Waals surface area contributed by atoms with Crippen LogP contribution < -0.4 is 20.1 Å². The first-order chi connectivity index (χ1) is 15.8. The van der Waals surface area contributed by atoms with Crippen molar-refractivity contribution in [2.75, 3.05) is 23.8 Å². The van der Waals surface area contributed by atoms with Crippen LogP contribution >= 0.6 is 23.2 Å². The van der Waals surface area contributed by atoms with Gasteiger partial charge in [-0.25, -0.2) is 0 Å². The highest BCUT2D eigenvalue weighted by Gasteiger charge is 2.15. The van der Waals surface area contributed by atoms with E-state index in [0.717, 1.165) is 16.8 Å². The molecule has 0 aromatic heterocycles. The Morgan fingerprint density at radius 1 is 0.939 bits per heavy atom. The van der Waals surface area contributed by atoms with Crippen molar-refractivity contribution in [1.29, 1.82) is 0 Å². The third-order valence-corrected chi connectivity index (χ3v) is 5.95. The van der Waals surface area contributed by atoms with Crippen LogP contribution in [-0.4, -0.2) is 19.1 Å². The average Bonchev–Trinajstić information content (AvgIpc) is 2.77.